The molecule has 0 amide bonds. The fourth-order valence-corrected chi connectivity index (χ4v) is 2.89. The Labute approximate surface area is 140 Å². The number of aromatic amines is 1. The number of hydrogen-bond acceptors (Lipinski definition) is 3. The first-order valence-corrected chi connectivity index (χ1v) is 8.30. The number of ether oxygens (including phenoxy) is 1. The topological polar surface area (TPSA) is 45.3 Å². The number of hydrogen-bond donors (Lipinski definition) is 1. The molecule has 1 heterocycles. The summed E-state index contributed by atoms with van der Waals surface area (Å²) in [5.74, 6) is 0.908. The van der Waals surface area contributed by atoms with Crippen molar-refractivity contribution in [1.29, 1.82) is 0 Å². The molecular formula is C16H20Cl2N2O2. The van der Waals surface area contributed by atoms with Crippen LogP contribution in [0.25, 0.3) is 10.9 Å². The number of anilines is 1. The van der Waals surface area contributed by atoms with E-state index in [2.05, 4.69) is 22.0 Å². The predicted octanol–water partition coefficient (Wildman–Crippen LogP) is 3.56. The molecule has 6 heteroatoms. The second-order valence-electron chi connectivity index (χ2n) is 4.98. The minimum absolute atomic E-state index is 0.198. The van der Waals surface area contributed by atoms with E-state index in [1.807, 2.05) is 12.3 Å². The number of aromatic nitrogens is 1. The van der Waals surface area contributed by atoms with Crippen LogP contribution in [0.15, 0.2) is 24.4 Å². The molecule has 1 aromatic heterocycles. The van der Waals surface area contributed by atoms with Crippen LogP contribution in [0.1, 0.15) is 12.0 Å². The molecule has 0 unspecified atom stereocenters. The molecule has 0 fully saturated rings. The lowest BCUT2D eigenvalue weighted by Gasteiger charge is -2.23. The number of rotatable bonds is 8. The van der Waals surface area contributed by atoms with Crippen molar-refractivity contribution in [3.63, 3.8) is 0 Å². The van der Waals surface area contributed by atoms with Crippen molar-refractivity contribution in [3.05, 3.63) is 30.0 Å². The van der Waals surface area contributed by atoms with E-state index in [9.17, 15) is 4.79 Å². The number of methoxy groups -OCH3 is 1. The van der Waals surface area contributed by atoms with Gasteiger partial charge in [0, 0.05) is 54.1 Å². The van der Waals surface area contributed by atoms with Gasteiger partial charge in [0.1, 0.15) is 0 Å². The highest BCUT2D eigenvalue weighted by Crippen LogP contribution is 2.25. The van der Waals surface area contributed by atoms with Gasteiger partial charge in [-0.3, -0.25) is 4.79 Å². The normalized spacial score (nSPS) is 10.9. The van der Waals surface area contributed by atoms with Crippen LogP contribution in [0.3, 0.4) is 0 Å². The first-order valence-electron chi connectivity index (χ1n) is 7.23. The van der Waals surface area contributed by atoms with Gasteiger partial charge in [-0.15, -0.1) is 23.2 Å². The Morgan fingerprint density at radius 2 is 2.00 bits per heavy atom. The molecule has 0 bridgehead atoms. The number of alkyl halides is 2. The van der Waals surface area contributed by atoms with Crippen LogP contribution in [-0.4, -0.2) is 42.9 Å². The maximum Gasteiger partial charge on any atom is 0.305 e. The molecule has 22 heavy (non-hydrogen) atoms. The highest BCUT2D eigenvalue weighted by Gasteiger charge is 2.10. The number of carbonyl (C=O) groups is 1. The maximum atomic E-state index is 11.3. The van der Waals surface area contributed by atoms with E-state index in [-0.39, 0.29) is 5.97 Å². The van der Waals surface area contributed by atoms with Crippen LogP contribution in [-0.2, 0) is 16.0 Å². The molecule has 0 saturated heterocycles. The van der Waals surface area contributed by atoms with Crippen molar-refractivity contribution in [1.82, 2.24) is 4.98 Å². The zero-order valence-corrected chi connectivity index (χ0v) is 14.1. The van der Waals surface area contributed by atoms with Crippen molar-refractivity contribution in [2.45, 2.75) is 12.8 Å². The summed E-state index contributed by atoms with van der Waals surface area (Å²) in [4.78, 5) is 16.7. The summed E-state index contributed by atoms with van der Waals surface area (Å²) in [5, 5.41) is 1.12. The molecular weight excluding hydrogens is 323 g/mol. The lowest BCUT2D eigenvalue weighted by atomic mass is 10.1. The van der Waals surface area contributed by atoms with E-state index in [1.54, 1.807) is 0 Å². The Balaban J connectivity index is 2.25. The second-order valence-corrected chi connectivity index (χ2v) is 5.74. The third kappa shape index (κ3) is 4.08. The molecule has 4 nitrogen and oxygen atoms in total. The monoisotopic (exact) mass is 342 g/mol. The Kier molecular flexibility index (Phi) is 6.40. The average Bonchev–Trinajstić information content (AvgIpc) is 2.94. The highest BCUT2D eigenvalue weighted by atomic mass is 35.5. The Bertz CT molecular complexity index is 622. The van der Waals surface area contributed by atoms with Gasteiger partial charge in [0.05, 0.1) is 7.11 Å². The second kappa shape index (κ2) is 8.30. The van der Waals surface area contributed by atoms with Crippen LogP contribution in [0.5, 0.6) is 0 Å². The lowest BCUT2D eigenvalue weighted by Crippen LogP contribution is -2.27. The number of aryl methyl sites for hydroxylation is 1. The molecule has 1 N–H and O–H groups in total. The van der Waals surface area contributed by atoms with Gasteiger partial charge < -0.3 is 14.6 Å². The van der Waals surface area contributed by atoms with Gasteiger partial charge in [-0.2, -0.15) is 0 Å². The smallest absolute Gasteiger partial charge is 0.305 e. The van der Waals surface area contributed by atoms with E-state index in [1.165, 1.54) is 7.11 Å². The number of nitrogens with one attached hydrogen (secondary N) is 1. The summed E-state index contributed by atoms with van der Waals surface area (Å²) in [6, 6.07) is 6.22. The zero-order chi connectivity index (χ0) is 15.9. The van der Waals surface area contributed by atoms with Crippen molar-refractivity contribution in [2.24, 2.45) is 0 Å². The first-order chi connectivity index (χ1) is 10.7. The SMILES string of the molecule is COC(=O)CCc1c[nH]c2ccc(N(CCCl)CCCl)cc12. The number of nitrogens with zero attached hydrogens (tertiary/aromatic N) is 1. The van der Waals surface area contributed by atoms with Crippen LogP contribution in [0.2, 0.25) is 0 Å². The van der Waals surface area contributed by atoms with Crippen LogP contribution < -0.4 is 4.90 Å². The summed E-state index contributed by atoms with van der Waals surface area (Å²) in [6.07, 6.45) is 2.98. The maximum absolute atomic E-state index is 11.3. The van der Waals surface area contributed by atoms with Gasteiger partial charge >= 0.3 is 5.97 Å². The predicted molar refractivity (Wildman–Crippen MR) is 92.3 cm³/mol. The van der Waals surface area contributed by atoms with Gasteiger partial charge in [0.15, 0.2) is 0 Å². The molecule has 0 aliphatic rings. The molecule has 0 radical (unpaired) electrons. The number of esters is 1. The molecule has 2 rings (SSSR count). The van der Waals surface area contributed by atoms with Crippen LogP contribution >= 0.6 is 23.2 Å². The lowest BCUT2D eigenvalue weighted by molar-refractivity contribution is -0.140. The van der Waals surface area contributed by atoms with Crippen molar-refractivity contribution >= 4 is 45.8 Å². The third-order valence-electron chi connectivity index (χ3n) is 3.65. The fourth-order valence-electron chi connectivity index (χ4n) is 2.48. The van der Waals surface area contributed by atoms with E-state index in [0.717, 1.165) is 35.2 Å². The van der Waals surface area contributed by atoms with E-state index in [0.29, 0.717) is 24.6 Å². The average molecular weight is 343 g/mol. The minimum atomic E-state index is -0.198. The fraction of sp³-hybridized carbons (Fsp3) is 0.438. The summed E-state index contributed by atoms with van der Waals surface area (Å²) in [7, 11) is 1.41. The minimum Gasteiger partial charge on any atom is -0.469 e. The number of benzene rings is 1. The summed E-state index contributed by atoms with van der Waals surface area (Å²) < 4.78 is 4.70. The van der Waals surface area contributed by atoms with Crippen molar-refractivity contribution < 1.29 is 9.53 Å². The van der Waals surface area contributed by atoms with Gasteiger partial charge in [0.2, 0.25) is 0 Å². The molecule has 1 aromatic carbocycles. The molecule has 2 aromatic rings. The summed E-state index contributed by atoms with van der Waals surface area (Å²) in [6.45, 7) is 1.50. The van der Waals surface area contributed by atoms with Gasteiger partial charge in [-0.25, -0.2) is 0 Å². The van der Waals surface area contributed by atoms with Crippen molar-refractivity contribution in [2.75, 3.05) is 36.9 Å². The molecule has 0 atom stereocenters. The molecule has 0 aliphatic heterocycles. The Morgan fingerprint density at radius 3 is 2.64 bits per heavy atom. The van der Waals surface area contributed by atoms with Crippen molar-refractivity contribution in [3.8, 4) is 0 Å². The molecule has 0 aliphatic carbocycles. The molecule has 0 saturated carbocycles. The van der Waals surface area contributed by atoms with E-state index < -0.39 is 0 Å². The number of halogens is 2. The molecule has 0 spiro atoms. The quantitative estimate of drug-likeness (QED) is 0.589. The number of fused-ring (bicyclic) bond motifs is 1. The third-order valence-corrected chi connectivity index (χ3v) is 3.99. The van der Waals surface area contributed by atoms with Crippen LogP contribution in [0, 0.1) is 0 Å². The van der Waals surface area contributed by atoms with E-state index in [4.69, 9.17) is 27.9 Å². The van der Waals surface area contributed by atoms with Crippen LogP contribution in [0.4, 0.5) is 5.69 Å². The number of carbonyl (C=O) groups excluding carboxylic acids is 1. The Hall–Kier alpha value is -1.39. The zero-order valence-electron chi connectivity index (χ0n) is 12.6. The largest absolute Gasteiger partial charge is 0.469 e. The number of H-pyrrole nitrogens is 1. The summed E-state index contributed by atoms with van der Waals surface area (Å²) in [5.41, 5.74) is 3.26. The van der Waals surface area contributed by atoms with Gasteiger partial charge in [-0.1, -0.05) is 0 Å². The standard InChI is InChI=1S/C16H20Cl2N2O2/c1-22-16(21)5-2-12-11-19-15-4-3-13(10-14(12)15)20(8-6-17)9-7-18/h3-4,10-11,19H,2,5-9H2,1H3. The van der Waals surface area contributed by atoms with E-state index >= 15 is 0 Å². The summed E-state index contributed by atoms with van der Waals surface area (Å²) >= 11 is 11.7. The first kappa shape index (κ1) is 17.0. The van der Waals surface area contributed by atoms with Gasteiger partial charge in [0.25, 0.3) is 0 Å². The molecule has 120 valence electrons. The highest BCUT2D eigenvalue weighted by molar-refractivity contribution is 6.18. The van der Waals surface area contributed by atoms with Gasteiger partial charge in [-0.05, 0) is 30.2 Å². The Morgan fingerprint density at radius 1 is 1.27 bits per heavy atom.